The van der Waals surface area contributed by atoms with Crippen LogP contribution in [0.1, 0.15) is 46.9 Å². The first-order valence-corrected chi connectivity index (χ1v) is 10.3. The van der Waals surface area contributed by atoms with Gasteiger partial charge < -0.3 is 5.32 Å². The summed E-state index contributed by atoms with van der Waals surface area (Å²) in [5.74, 6) is 0.131. The number of hydrogen-bond donors (Lipinski definition) is 1. The number of anilines is 1. The zero-order chi connectivity index (χ0) is 20.3. The van der Waals surface area contributed by atoms with Gasteiger partial charge in [-0.1, -0.05) is 18.2 Å². The zero-order valence-corrected chi connectivity index (χ0v) is 16.1. The van der Waals surface area contributed by atoms with E-state index in [2.05, 4.69) is 11.4 Å². The number of nitrogens with zero attached hydrogens (tertiary/aromatic N) is 1. The number of hydrogen-bond acceptors (Lipinski definition) is 3. The molecule has 1 N–H and O–H groups in total. The maximum absolute atomic E-state index is 14.2. The Morgan fingerprint density at radius 1 is 1.21 bits per heavy atom. The predicted molar refractivity (Wildman–Crippen MR) is 104 cm³/mol. The van der Waals surface area contributed by atoms with E-state index in [0.29, 0.717) is 30.7 Å². The number of benzene rings is 2. The highest BCUT2D eigenvalue weighted by molar-refractivity contribution is 7.97. The van der Waals surface area contributed by atoms with Crippen molar-refractivity contribution in [3.63, 3.8) is 0 Å². The van der Waals surface area contributed by atoms with Crippen molar-refractivity contribution < 1.29 is 17.6 Å². The van der Waals surface area contributed by atoms with Crippen LogP contribution in [0.3, 0.4) is 0 Å². The molecule has 0 fully saturated rings. The number of rotatable bonds is 6. The third-order valence-corrected chi connectivity index (χ3v) is 5.77. The fourth-order valence-corrected chi connectivity index (χ4v) is 4.44. The third-order valence-electron chi connectivity index (χ3n) is 5.19. The van der Waals surface area contributed by atoms with E-state index in [9.17, 15) is 17.6 Å². The summed E-state index contributed by atoms with van der Waals surface area (Å²) in [6.07, 6.45) is -1.64. The molecule has 0 radical (unpaired) electrons. The Labute approximate surface area is 165 Å². The first-order valence-electron chi connectivity index (χ1n) is 8.95. The van der Waals surface area contributed by atoms with Gasteiger partial charge >= 0.3 is 6.18 Å². The summed E-state index contributed by atoms with van der Waals surface area (Å²) < 4.78 is 52.9. The van der Waals surface area contributed by atoms with Gasteiger partial charge in [0.1, 0.15) is 5.82 Å². The molecule has 0 saturated heterocycles. The van der Waals surface area contributed by atoms with Crippen molar-refractivity contribution in [1.82, 2.24) is 0 Å². The van der Waals surface area contributed by atoms with Gasteiger partial charge in [0, 0.05) is 35.9 Å². The molecule has 1 aliphatic rings. The number of nitriles is 1. The summed E-state index contributed by atoms with van der Waals surface area (Å²) in [4.78, 5) is 0. The van der Waals surface area contributed by atoms with Crippen LogP contribution in [0, 0.1) is 17.1 Å². The van der Waals surface area contributed by atoms with E-state index >= 15 is 0 Å². The molecular weight excluding hydrogens is 388 g/mol. The van der Waals surface area contributed by atoms with E-state index in [1.54, 1.807) is 6.07 Å². The standard InChI is InChI=1S/C21H20F4N2S/c1-28-12-18-19(22)9-8-16-17(11-27-20(16)18)15(3-2-10-26)13-4-6-14(7-5-13)21(23,24)25/h4-9,15,17,27H,2-3,11-12H2,1H3. The monoisotopic (exact) mass is 408 g/mol. The Kier molecular flexibility index (Phi) is 6.19. The molecule has 2 atom stereocenters. The molecule has 0 aliphatic carbocycles. The molecule has 2 nitrogen and oxygen atoms in total. The van der Waals surface area contributed by atoms with E-state index in [4.69, 9.17) is 5.26 Å². The van der Waals surface area contributed by atoms with Gasteiger partial charge in [-0.15, -0.1) is 0 Å². The van der Waals surface area contributed by atoms with E-state index < -0.39 is 11.7 Å². The zero-order valence-electron chi connectivity index (χ0n) is 15.3. The highest BCUT2D eigenvalue weighted by atomic mass is 32.2. The Morgan fingerprint density at radius 3 is 2.54 bits per heavy atom. The molecule has 0 amide bonds. The summed E-state index contributed by atoms with van der Waals surface area (Å²) >= 11 is 1.53. The summed E-state index contributed by atoms with van der Waals surface area (Å²) in [5, 5.41) is 12.3. The normalized spacial score (nSPS) is 16.9. The van der Waals surface area contributed by atoms with Crippen molar-refractivity contribution in [1.29, 1.82) is 5.26 Å². The minimum Gasteiger partial charge on any atom is -0.384 e. The summed E-state index contributed by atoms with van der Waals surface area (Å²) in [6, 6.07) is 10.5. The molecule has 3 rings (SSSR count). The largest absolute Gasteiger partial charge is 0.416 e. The number of thioether (sulfide) groups is 1. The van der Waals surface area contributed by atoms with Crippen LogP contribution >= 0.6 is 11.8 Å². The van der Waals surface area contributed by atoms with Gasteiger partial charge in [-0.25, -0.2) is 4.39 Å². The van der Waals surface area contributed by atoms with Gasteiger partial charge in [-0.2, -0.15) is 30.2 Å². The van der Waals surface area contributed by atoms with Crippen LogP contribution < -0.4 is 5.32 Å². The maximum Gasteiger partial charge on any atom is 0.416 e. The molecule has 28 heavy (non-hydrogen) atoms. The molecule has 0 aromatic heterocycles. The minimum atomic E-state index is -4.38. The summed E-state index contributed by atoms with van der Waals surface area (Å²) in [5.41, 5.74) is 2.45. The Bertz CT molecular complexity index is 872. The van der Waals surface area contributed by atoms with E-state index in [-0.39, 0.29) is 17.7 Å². The van der Waals surface area contributed by atoms with Crippen LogP contribution in [-0.2, 0) is 11.9 Å². The second kappa shape index (κ2) is 8.44. The van der Waals surface area contributed by atoms with E-state index in [1.165, 1.54) is 30.0 Å². The van der Waals surface area contributed by atoms with E-state index in [1.807, 2.05) is 6.26 Å². The molecule has 0 spiro atoms. The SMILES string of the molecule is CSCc1c(F)ccc2c1NCC2C(CCC#N)c1ccc(C(F)(F)F)cc1. The van der Waals surface area contributed by atoms with Crippen molar-refractivity contribution in [2.75, 3.05) is 18.1 Å². The first kappa shape index (κ1) is 20.5. The predicted octanol–water partition coefficient (Wildman–Crippen LogP) is 6.30. The molecule has 0 bridgehead atoms. The number of fused-ring (bicyclic) bond motifs is 1. The first-order chi connectivity index (χ1) is 13.4. The molecule has 1 heterocycles. The molecular formula is C21H20F4N2S. The summed E-state index contributed by atoms with van der Waals surface area (Å²) in [7, 11) is 0. The van der Waals surface area contributed by atoms with Crippen molar-refractivity contribution in [2.24, 2.45) is 0 Å². The van der Waals surface area contributed by atoms with Gasteiger partial charge in [0.15, 0.2) is 0 Å². The van der Waals surface area contributed by atoms with Crippen LogP contribution in [0.5, 0.6) is 0 Å². The Morgan fingerprint density at radius 2 is 1.93 bits per heavy atom. The molecule has 2 aromatic carbocycles. The lowest BCUT2D eigenvalue weighted by Crippen LogP contribution is -2.14. The molecule has 148 valence electrons. The quantitative estimate of drug-likeness (QED) is 0.570. The molecule has 7 heteroatoms. The Hall–Kier alpha value is -2.20. The number of halogens is 4. The van der Waals surface area contributed by atoms with Crippen LogP contribution in [-0.4, -0.2) is 12.8 Å². The number of alkyl halides is 3. The van der Waals surface area contributed by atoms with Crippen LogP contribution in [0.25, 0.3) is 0 Å². The van der Waals surface area contributed by atoms with Crippen molar-refractivity contribution >= 4 is 17.4 Å². The number of nitrogens with one attached hydrogen (secondary N) is 1. The van der Waals surface area contributed by atoms with Crippen LogP contribution in [0.15, 0.2) is 36.4 Å². The lowest BCUT2D eigenvalue weighted by Gasteiger charge is -2.24. The lowest BCUT2D eigenvalue weighted by molar-refractivity contribution is -0.137. The van der Waals surface area contributed by atoms with Crippen molar-refractivity contribution in [3.8, 4) is 6.07 Å². The molecule has 1 aliphatic heterocycles. The highest BCUT2D eigenvalue weighted by Crippen LogP contribution is 2.46. The molecule has 2 unspecified atom stereocenters. The second-order valence-electron chi connectivity index (χ2n) is 6.83. The summed E-state index contributed by atoms with van der Waals surface area (Å²) in [6.45, 7) is 0.567. The maximum atomic E-state index is 14.2. The minimum absolute atomic E-state index is 0.0266. The topological polar surface area (TPSA) is 35.8 Å². The second-order valence-corrected chi connectivity index (χ2v) is 7.70. The third kappa shape index (κ3) is 4.12. The van der Waals surface area contributed by atoms with Gasteiger partial charge in [0.25, 0.3) is 0 Å². The fourth-order valence-electron chi connectivity index (χ4n) is 3.86. The van der Waals surface area contributed by atoms with Gasteiger partial charge in [0.2, 0.25) is 0 Å². The van der Waals surface area contributed by atoms with Crippen molar-refractivity contribution in [2.45, 2.75) is 36.6 Å². The van der Waals surface area contributed by atoms with Crippen LogP contribution in [0.2, 0.25) is 0 Å². The van der Waals surface area contributed by atoms with Gasteiger partial charge in [-0.05, 0) is 47.9 Å². The smallest absolute Gasteiger partial charge is 0.384 e. The lowest BCUT2D eigenvalue weighted by atomic mass is 9.79. The molecule has 2 aromatic rings. The average molecular weight is 408 g/mol. The van der Waals surface area contributed by atoms with Crippen LogP contribution in [0.4, 0.5) is 23.2 Å². The average Bonchev–Trinajstić information content (AvgIpc) is 3.08. The highest BCUT2D eigenvalue weighted by Gasteiger charge is 2.34. The Balaban J connectivity index is 1.97. The van der Waals surface area contributed by atoms with Gasteiger partial charge in [0.05, 0.1) is 11.6 Å². The van der Waals surface area contributed by atoms with E-state index in [0.717, 1.165) is 28.9 Å². The fraction of sp³-hybridized carbons (Fsp3) is 0.381. The van der Waals surface area contributed by atoms with Gasteiger partial charge in [-0.3, -0.25) is 0 Å². The molecule has 0 saturated carbocycles. The van der Waals surface area contributed by atoms with Crippen molar-refractivity contribution in [3.05, 3.63) is 64.5 Å².